The van der Waals surface area contributed by atoms with E-state index in [2.05, 4.69) is 10.6 Å². The number of hydrogen-bond donors (Lipinski definition) is 3. The molecule has 110 valence electrons. The maximum Gasteiger partial charge on any atom is 0.316 e. The molecule has 0 saturated carbocycles. The molecule has 21 heavy (non-hydrogen) atoms. The molecule has 0 aliphatic heterocycles. The van der Waals surface area contributed by atoms with E-state index in [1.807, 2.05) is 0 Å². The largest absolute Gasteiger partial charge is 0.381 e. The van der Waals surface area contributed by atoms with E-state index in [1.165, 1.54) is 0 Å². The van der Waals surface area contributed by atoms with Crippen molar-refractivity contribution >= 4 is 17.4 Å². The third-order valence-electron chi connectivity index (χ3n) is 2.67. The summed E-state index contributed by atoms with van der Waals surface area (Å²) in [5, 5.41) is 5.30. The van der Waals surface area contributed by atoms with Crippen LogP contribution in [0.5, 0.6) is 0 Å². The third-order valence-corrected chi connectivity index (χ3v) is 2.67. The fraction of sp³-hybridized carbons (Fsp3) is 0.0714. The molecule has 7 heteroatoms. The van der Waals surface area contributed by atoms with Gasteiger partial charge in [-0.05, 0) is 35.9 Å². The van der Waals surface area contributed by atoms with Crippen LogP contribution in [0.2, 0.25) is 0 Å². The standard InChI is InChI=1S/C14H12F3N3O/c15-11-4-8(5-12(16)13(11)17)7-19-9-2-1-3-10(6-9)20-14(18)21/h1-6,19H,7H2,(H3,18,20,21). The van der Waals surface area contributed by atoms with Crippen LogP contribution in [0.1, 0.15) is 5.56 Å². The Hall–Kier alpha value is -2.70. The van der Waals surface area contributed by atoms with Crippen LogP contribution in [-0.2, 0) is 6.54 Å². The van der Waals surface area contributed by atoms with E-state index in [4.69, 9.17) is 5.73 Å². The van der Waals surface area contributed by atoms with E-state index in [9.17, 15) is 18.0 Å². The smallest absolute Gasteiger partial charge is 0.316 e. The lowest BCUT2D eigenvalue weighted by atomic mass is 10.2. The maximum absolute atomic E-state index is 13.1. The van der Waals surface area contributed by atoms with Gasteiger partial charge in [-0.1, -0.05) is 6.07 Å². The molecule has 0 aliphatic carbocycles. The molecule has 2 amide bonds. The van der Waals surface area contributed by atoms with Crippen LogP contribution in [0.25, 0.3) is 0 Å². The summed E-state index contributed by atoms with van der Waals surface area (Å²) in [7, 11) is 0. The number of nitrogens with one attached hydrogen (secondary N) is 2. The highest BCUT2D eigenvalue weighted by molar-refractivity contribution is 5.88. The van der Waals surface area contributed by atoms with Crippen LogP contribution in [0.4, 0.5) is 29.3 Å². The molecule has 0 atom stereocenters. The van der Waals surface area contributed by atoms with Crippen molar-refractivity contribution in [3.63, 3.8) is 0 Å². The Morgan fingerprint density at radius 2 is 1.67 bits per heavy atom. The average Bonchev–Trinajstić information content (AvgIpc) is 2.42. The molecule has 0 heterocycles. The molecular formula is C14H12F3N3O. The Morgan fingerprint density at radius 3 is 2.29 bits per heavy atom. The highest BCUT2D eigenvalue weighted by Gasteiger charge is 2.10. The lowest BCUT2D eigenvalue weighted by Gasteiger charge is -2.09. The summed E-state index contributed by atoms with van der Waals surface area (Å²) >= 11 is 0. The van der Waals surface area contributed by atoms with Gasteiger partial charge in [-0.2, -0.15) is 0 Å². The van der Waals surface area contributed by atoms with Crippen molar-refractivity contribution < 1.29 is 18.0 Å². The molecule has 2 aromatic rings. The van der Waals surface area contributed by atoms with E-state index < -0.39 is 23.5 Å². The predicted octanol–water partition coefficient (Wildman–Crippen LogP) is 3.21. The van der Waals surface area contributed by atoms with Gasteiger partial charge < -0.3 is 16.4 Å². The van der Waals surface area contributed by atoms with Crippen molar-refractivity contribution in [2.75, 3.05) is 10.6 Å². The zero-order valence-electron chi connectivity index (χ0n) is 10.8. The van der Waals surface area contributed by atoms with Gasteiger partial charge in [-0.15, -0.1) is 0 Å². The third kappa shape index (κ3) is 3.88. The van der Waals surface area contributed by atoms with Gasteiger partial charge in [-0.25, -0.2) is 18.0 Å². The van der Waals surface area contributed by atoms with Crippen molar-refractivity contribution in [3.05, 3.63) is 59.4 Å². The fourth-order valence-corrected chi connectivity index (χ4v) is 1.76. The van der Waals surface area contributed by atoms with Gasteiger partial charge in [0.25, 0.3) is 0 Å². The minimum absolute atomic E-state index is 0.0914. The van der Waals surface area contributed by atoms with Gasteiger partial charge in [0, 0.05) is 17.9 Å². The first-order valence-electron chi connectivity index (χ1n) is 5.99. The van der Waals surface area contributed by atoms with Gasteiger partial charge in [0.05, 0.1) is 0 Å². The summed E-state index contributed by atoms with van der Waals surface area (Å²) in [4.78, 5) is 10.7. The normalized spacial score (nSPS) is 10.2. The summed E-state index contributed by atoms with van der Waals surface area (Å²) in [6.45, 7) is 0.0914. The summed E-state index contributed by atoms with van der Waals surface area (Å²) in [6.07, 6.45) is 0. The average molecular weight is 295 g/mol. The van der Waals surface area contributed by atoms with Crippen LogP contribution in [0.3, 0.4) is 0 Å². The number of urea groups is 1. The minimum atomic E-state index is -1.49. The van der Waals surface area contributed by atoms with Gasteiger partial charge >= 0.3 is 6.03 Å². The van der Waals surface area contributed by atoms with Gasteiger partial charge in [0.1, 0.15) is 0 Å². The molecule has 2 rings (SSSR count). The number of halogens is 3. The predicted molar refractivity (Wildman–Crippen MR) is 73.3 cm³/mol. The molecule has 0 fully saturated rings. The van der Waals surface area contributed by atoms with Crippen molar-refractivity contribution in [1.82, 2.24) is 0 Å². The molecule has 2 aromatic carbocycles. The van der Waals surface area contributed by atoms with E-state index in [-0.39, 0.29) is 12.1 Å². The molecule has 0 spiro atoms. The van der Waals surface area contributed by atoms with Crippen molar-refractivity contribution in [2.45, 2.75) is 6.54 Å². The molecule has 0 bridgehead atoms. The zero-order chi connectivity index (χ0) is 15.4. The number of hydrogen-bond acceptors (Lipinski definition) is 2. The van der Waals surface area contributed by atoms with Gasteiger partial charge in [0.15, 0.2) is 17.5 Å². The van der Waals surface area contributed by atoms with E-state index in [1.54, 1.807) is 24.3 Å². The molecule has 4 N–H and O–H groups in total. The number of benzene rings is 2. The SMILES string of the molecule is NC(=O)Nc1cccc(NCc2cc(F)c(F)c(F)c2)c1. The number of amides is 2. The number of primary amides is 1. The van der Waals surface area contributed by atoms with Gasteiger partial charge in [-0.3, -0.25) is 0 Å². The Morgan fingerprint density at radius 1 is 1.05 bits per heavy atom. The van der Waals surface area contributed by atoms with E-state index in [0.29, 0.717) is 11.4 Å². The monoisotopic (exact) mass is 295 g/mol. The van der Waals surface area contributed by atoms with Crippen molar-refractivity contribution in [2.24, 2.45) is 5.73 Å². The highest BCUT2D eigenvalue weighted by atomic mass is 19.2. The molecule has 0 aliphatic rings. The maximum atomic E-state index is 13.1. The molecular weight excluding hydrogens is 283 g/mol. The number of rotatable bonds is 4. The second kappa shape index (κ2) is 6.17. The van der Waals surface area contributed by atoms with Crippen LogP contribution < -0.4 is 16.4 Å². The lowest BCUT2D eigenvalue weighted by molar-refractivity contribution is 0.259. The van der Waals surface area contributed by atoms with Crippen molar-refractivity contribution in [3.8, 4) is 0 Å². The summed E-state index contributed by atoms with van der Waals surface area (Å²) < 4.78 is 39.0. The summed E-state index contributed by atoms with van der Waals surface area (Å²) in [5.74, 6) is -3.97. The fourth-order valence-electron chi connectivity index (χ4n) is 1.76. The lowest BCUT2D eigenvalue weighted by Crippen LogP contribution is -2.19. The molecule has 0 unspecified atom stereocenters. The van der Waals surface area contributed by atoms with Crippen LogP contribution >= 0.6 is 0 Å². The molecule has 4 nitrogen and oxygen atoms in total. The Balaban J connectivity index is 2.08. The second-order valence-electron chi connectivity index (χ2n) is 4.30. The number of anilines is 2. The Kier molecular flexibility index (Phi) is 4.32. The topological polar surface area (TPSA) is 67.2 Å². The van der Waals surface area contributed by atoms with Crippen LogP contribution in [0, 0.1) is 17.5 Å². The molecule has 0 aromatic heterocycles. The first-order valence-corrected chi connectivity index (χ1v) is 5.99. The Labute approximate surface area is 118 Å². The first kappa shape index (κ1) is 14.7. The number of nitrogens with two attached hydrogens (primary N) is 1. The van der Waals surface area contributed by atoms with Crippen LogP contribution in [0.15, 0.2) is 36.4 Å². The van der Waals surface area contributed by atoms with Gasteiger partial charge in [0.2, 0.25) is 0 Å². The quantitative estimate of drug-likeness (QED) is 0.758. The Bertz CT molecular complexity index is 653. The number of carbonyl (C=O) groups excluding carboxylic acids is 1. The van der Waals surface area contributed by atoms with Crippen LogP contribution in [-0.4, -0.2) is 6.03 Å². The van der Waals surface area contributed by atoms with E-state index >= 15 is 0 Å². The minimum Gasteiger partial charge on any atom is -0.381 e. The van der Waals surface area contributed by atoms with Crippen molar-refractivity contribution in [1.29, 1.82) is 0 Å². The molecule has 0 saturated heterocycles. The zero-order valence-corrected chi connectivity index (χ0v) is 10.8. The molecule has 0 radical (unpaired) electrons. The summed E-state index contributed by atoms with van der Waals surface area (Å²) in [6, 6.07) is 7.72. The highest BCUT2D eigenvalue weighted by Crippen LogP contribution is 2.18. The van der Waals surface area contributed by atoms with E-state index in [0.717, 1.165) is 12.1 Å². The summed E-state index contributed by atoms with van der Waals surface area (Å²) in [5.41, 5.74) is 6.33. The first-order chi connectivity index (χ1) is 9.95. The number of carbonyl (C=O) groups is 1. The second-order valence-corrected chi connectivity index (χ2v) is 4.30.